The number of ketones is 1. The normalized spacial score (nSPS) is 10.6. The van der Waals surface area contributed by atoms with Gasteiger partial charge in [0, 0.05) is 10.9 Å². The van der Waals surface area contributed by atoms with Crippen molar-refractivity contribution in [2.45, 2.75) is 0 Å². The highest BCUT2D eigenvalue weighted by atomic mass is 19.1. The van der Waals surface area contributed by atoms with E-state index in [2.05, 4.69) is 9.72 Å². The predicted octanol–water partition coefficient (Wildman–Crippen LogP) is 3.33. The molecular weight excluding hydrogens is 285 g/mol. The lowest BCUT2D eigenvalue weighted by Gasteiger charge is -2.03. The van der Waals surface area contributed by atoms with E-state index in [0.717, 1.165) is 12.7 Å². The van der Waals surface area contributed by atoms with Crippen molar-refractivity contribution in [3.63, 3.8) is 0 Å². The van der Waals surface area contributed by atoms with Gasteiger partial charge in [-0.1, -0.05) is 30.3 Å². The molecule has 0 unspecified atom stereocenters. The van der Waals surface area contributed by atoms with Crippen molar-refractivity contribution in [1.29, 1.82) is 0 Å². The van der Waals surface area contributed by atoms with Gasteiger partial charge in [-0.25, -0.2) is 9.18 Å². The van der Waals surface area contributed by atoms with E-state index in [4.69, 9.17) is 0 Å². The zero-order valence-electron chi connectivity index (χ0n) is 11.7. The number of aromatic amines is 1. The Bertz CT molecular complexity index is 868. The molecule has 0 bridgehead atoms. The Balaban J connectivity index is 2.32. The summed E-state index contributed by atoms with van der Waals surface area (Å²) in [5.74, 6) is -2.27. The molecule has 0 radical (unpaired) electrons. The molecule has 0 atom stereocenters. The van der Waals surface area contributed by atoms with Crippen LogP contribution < -0.4 is 0 Å². The highest BCUT2D eigenvalue weighted by Crippen LogP contribution is 2.31. The lowest BCUT2D eigenvalue weighted by Crippen LogP contribution is -2.16. The van der Waals surface area contributed by atoms with Crippen molar-refractivity contribution >= 4 is 22.7 Å². The maximum atomic E-state index is 13.5. The Morgan fingerprint density at radius 3 is 2.50 bits per heavy atom. The van der Waals surface area contributed by atoms with Crippen LogP contribution in [0, 0.1) is 5.82 Å². The van der Waals surface area contributed by atoms with Gasteiger partial charge in [0.25, 0.3) is 5.78 Å². The van der Waals surface area contributed by atoms with E-state index in [1.54, 1.807) is 12.1 Å². The quantitative estimate of drug-likeness (QED) is 0.458. The molecule has 22 heavy (non-hydrogen) atoms. The number of hydrogen-bond donors (Lipinski definition) is 1. The summed E-state index contributed by atoms with van der Waals surface area (Å²) in [5, 5.41) is 0.356. The number of methoxy groups -OCH3 is 1. The van der Waals surface area contributed by atoms with Gasteiger partial charge >= 0.3 is 5.97 Å². The van der Waals surface area contributed by atoms with Crippen LogP contribution in [0.1, 0.15) is 10.4 Å². The first kappa shape index (κ1) is 14.0. The molecule has 0 saturated heterocycles. The van der Waals surface area contributed by atoms with Gasteiger partial charge in [-0.3, -0.25) is 4.79 Å². The molecule has 110 valence electrons. The summed E-state index contributed by atoms with van der Waals surface area (Å²) in [4.78, 5) is 27.1. The smallest absolute Gasteiger partial charge is 0.379 e. The fourth-order valence-electron chi connectivity index (χ4n) is 2.42. The van der Waals surface area contributed by atoms with Crippen molar-refractivity contribution in [1.82, 2.24) is 4.98 Å². The largest absolute Gasteiger partial charge is 0.463 e. The number of fused-ring (bicyclic) bond motifs is 1. The second-order valence-electron chi connectivity index (χ2n) is 4.75. The standard InChI is InChI=1S/C17H12FNO3/c1-22-17(21)16(20)14-12-9-11(18)7-8-13(12)19-15(14)10-5-3-2-4-6-10/h2-9,19H,1H3. The Kier molecular flexibility index (Phi) is 3.47. The van der Waals surface area contributed by atoms with Crippen molar-refractivity contribution in [2.75, 3.05) is 7.11 Å². The van der Waals surface area contributed by atoms with Crippen LogP contribution in [0.2, 0.25) is 0 Å². The molecule has 0 saturated carbocycles. The van der Waals surface area contributed by atoms with E-state index in [1.807, 2.05) is 18.2 Å². The van der Waals surface area contributed by atoms with Gasteiger partial charge in [0.15, 0.2) is 0 Å². The van der Waals surface area contributed by atoms with E-state index in [-0.39, 0.29) is 5.56 Å². The van der Waals surface area contributed by atoms with Crippen LogP contribution in [-0.4, -0.2) is 23.8 Å². The number of carbonyl (C=O) groups excluding carboxylic acids is 2. The predicted molar refractivity (Wildman–Crippen MR) is 80.0 cm³/mol. The van der Waals surface area contributed by atoms with Crippen molar-refractivity contribution in [3.05, 3.63) is 59.9 Å². The highest BCUT2D eigenvalue weighted by Gasteiger charge is 2.25. The second-order valence-corrected chi connectivity index (χ2v) is 4.75. The van der Waals surface area contributed by atoms with Gasteiger partial charge in [-0.2, -0.15) is 0 Å². The summed E-state index contributed by atoms with van der Waals surface area (Å²) in [7, 11) is 1.14. The molecule has 3 rings (SSSR count). The lowest BCUT2D eigenvalue weighted by molar-refractivity contribution is -0.135. The number of benzene rings is 2. The summed E-state index contributed by atoms with van der Waals surface area (Å²) in [6.45, 7) is 0. The van der Waals surface area contributed by atoms with Gasteiger partial charge in [-0.05, 0) is 23.8 Å². The second kappa shape index (κ2) is 5.44. The fraction of sp³-hybridized carbons (Fsp3) is 0.0588. The molecule has 1 heterocycles. The first-order chi connectivity index (χ1) is 10.6. The highest BCUT2D eigenvalue weighted by molar-refractivity contribution is 6.44. The average molecular weight is 297 g/mol. The zero-order chi connectivity index (χ0) is 15.7. The summed E-state index contributed by atoms with van der Waals surface area (Å²) >= 11 is 0. The van der Waals surface area contributed by atoms with Crippen LogP contribution >= 0.6 is 0 Å². The molecule has 0 fully saturated rings. The van der Waals surface area contributed by atoms with E-state index >= 15 is 0 Å². The molecule has 2 aromatic carbocycles. The van der Waals surface area contributed by atoms with Crippen LogP contribution in [0.25, 0.3) is 22.2 Å². The number of aromatic nitrogens is 1. The maximum Gasteiger partial charge on any atom is 0.379 e. The Labute approximate surface area is 125 Å². The minimum Gasteiger partial charge on any atom is -0.463 e. The number of carbonyl (C=O) groups is 2. The van der Waals surface area contributed by atoms with Crippen LogP contribution in [0.3, 0.4) is 0 Å². The number of hydrogen-bond acceptors (Lipinski definition) is 3. The molecule has 0 amide bonds. The number of ether oxygens (including phenoxy) is 1. The first-order valence-corrected chi connectivity index (χ1v) is 6.61. The zero-order valence-corrected chi connectivity index (χ0v) is 11.7. The number of rotatable bonds is 3. The Morgan fingerprint density at radius 1 is 1.09 bits per heavy atom. The van der Waals surface area contributed by atoms with Crippen molar-refractivity contribution < 1.29 is 18.7 Å². The third-order valence-electron chi connectivity index (χ3n) is 3.42. The number of halogens is 1. The fourth-order valence-corrected chi connectivity index (χ4v) is 2.42. The first-order valence-electron chi connectivity index (χ1n) is 6.61. The minimum absolute atomic E-state index is 0.118. The summed E-state index contributed by atoms with van der Waals surface area (Å²) in [6.07, 6.45) is 0. The Morgan fingerprint density at radius 2 is 1.82 bits per heavy atom. The topological polar surface area (TPSA) is 59.2 Å². The van der Waals surface area contributed by atoms with Crippen LogP contribution in [0.15, 0.2) is 48.5 Å². The molecule has 5 heteroatoms. The molecule has 0 aliphatic carbocycles. The molecule has 4 nitrogen and oxygen atoms in total. The average Bonchev–Trinajstić information content (AvgIpc) is 2.92. The molecule has 0 aliphatic heterocycles. The van der Waals surface area contributed by atoms with Gasteiger partial charge in [0.2, 0.25) is 0 Å². The van der Waals surface area contributed by atoms with Crippen molar-refractivity contribution in [3.8, 4) is 11.3 Å². The summed E-state index contributed by atoms with van der Waals surface area (Å²) in [6, 6.07) is 13.1. The van der Waals surface area contributed by atoms with E-state index in [0.29, 0.717) is 16.6 Å². The van der Waals surface area contributed by atoms with Crippen LogP contribution in [-0.2, 0) is 9.53 Å². The lowest BCUT2D eigenvalue weighted by atomic mass is 10.0. The minimum atomic E-state index is -0.984. The van der Waals surface area contributed by atoms with Crippen LogP contribution in [0.4, 0.5) is 4.39 Å². The number of esters is 1. The molecule has 1 N–H and O–H groups in total. The number of H-pyrrole nitrogens is 1. The molecule has 1 aromatic heterocycles. The summed E-state index contributed by atoms with van der Waals surface area (Å²) < 4.78 is 18.0. The Hall–Kier alpha value is -2.95. The number of Topliss-reactive ketones (excluding diaryl/α,β-unsaturated/α-hetero) is 1. The van der Waals surface area contributed by atoms with E-state index in [1.165, 1.54) is 18.2 Å². The van der Waals surface area contributed by atoms with E-state index in [9.17, 15) is 14.0 Å². The SMILES string of the molecule is COC(=O)C(=O)c1c(-c2ccccc2)[nH]c2ccc(F)cc12. The van der Waals surface area contributed by atoms with Gasteiger partial charge < -0.3 is 9.72 Å². The summed E-state index contributed by atoms with van der Waals surface area (Å²) in [5.41, 5.74) is 1.89. The van der Waals surface area contributed by atoms with E-state index < -0.39 is 17.6 Å². The third-order valence-corrected chi connectivity index (χ3v) is 3.42. The van der Waals surface area contributed by atoms with Crippen molar-refractivity contribution in [2.24, 2.45) is 0 Å². The van der Waals surface area contributed by atoms with Gasteiger partial charge in [0.1, 0.15) is 5.82 Å². The third kappa shape index (κ3) is 2.26. The van der Waals surface area contributed by atoms with Gasteiger partial charge in [0.05, 0.1) is 18.4 Å². The molecule has 0 aliphatic rings. The van der Waals surface area contributed by atoms with Gasteiger partial charge in [-0.15, -0.1) is 0 Å². The monoisotopic (exact) mass is 297 g/mol. The maximum absolute atomic E-state index is 13.5. The molecule has 3 aromatic rings. The molecule has 0 spiro atoms. The molecular formula is C17H12FNO3. The number of nitrogens with one attached hydrogen (secondary N) is 1. The van der Waals surface area contributed by atoms with Crippen LogP contribution in [0.5, 0.6) is 0 Å².